The van der Waals surface area contributed by atoms with Crippen molar-refractivity contribution in [3.8, 4) is 11.5 Å². The van der Waals surface area contributed by atoms with E-state index in [0.29, 0.717) is 23.8 Å². The third kappa shape index (κ3) is 4.43. The minimum Gasteiger partial charge on any atom is -0.380 e. The Morgan fingerprint density at radius 1 is 1.10 bits per heavy atom. The van der Waals surface area contributed by atoms with Gasteiger partial charge in [0.25, 0.3) is 5.89 Å². The molecule has 164 valence electrons. The van der Waals surface area contributed by atoms with Crippen LogP contribution in [-0.2, 0) is 11.2 Å². The van der Waals surface area contributed by atoms with Gasteiger partial charge in [-0.15, -0.1) is 0 Å². The lowest BCUT2D eigenvalue weighted by molar-refractivity contribution is 0.0650. The normalized spacial score (nSPS) is 20.5. The van der Waals surface area contributed by atoms with Crippen molar-refractivity contribution in [2.45, 2.75) is 58.0 Å². The highest BCUT2D eigenvalue weighted by Crippen LogP contribution is 2.33. The lowest BCUT2D eigenvalue weighted by atomic mass is 10.0. The molecule has 0 saturated carbocycles. The molecule has 4 heterocycles. The highest BCUT2D eigenvalue weighted by molar-refractivity contribution is 5.88. The van der Waals surface area contributed by atoms with E-state index in [9.17, 15) is 0 Å². The van der Waals surface area contributed by atoms with Gasteiger partial charge >= 0.3 is 0 Å². The second-order valence-electron chi connectivity index (χ2n) is 8.73. The second kappa shape index (κ2) is 8.93. The molecule has 2 aliphatic heterocycles. The minimum absolute atomic E-state index is 0.494. The highest BCUT2D eigenvalue weighted by atomic mass is 16.5. The Kier molecular flexibility index (Phi) is 5.87. The third-order valence-electron chi connectivity index (χ3n) is 6.45. The van der Waals surface area contributed by atoms with Gasteiger partial charge in [0.2, 0.25) is 0 Å². The van der Waals surface area contributed by atoms with Crippen molar-refractivity contribution < 1.29 is 9.26 Å². The first-order valence-corrected chi connectivity index (χ1v) is 11.5. The number of nitrogens with zero attached hydrogens (tertiary/aromatic N) is 4. The first-order chi connectivity index (χ1) is 15.2. The van der Waals surface area contributed by atoms with E-state index in [-0.39, 0.29) is 0 Å². The quantitative estimate of drug-likeness (QED) is 0.670. The van der Waals surface area contributed by atoms with Gasteiger partial charge in [-0.2, -0.15) is 4.98 Å². The lowest BCUT2D eigenvalue weighted by Crippen LogP contribution is -2.48. The van der Waals surface area contributed by atoms with Gasteiger partial charge in [0.05, 0.1) is 17.7 Å². The smallest absolute Gasteiger partial charge is 0.261 e. The number of pyridine rings is 1. The zero-order chi connectivity index (χ0) is 21.2. The molecule has 2 fully saturated rings. The van der Waals surface area contributed by atoms with Gasteiger partial charge in [-0.25, -0.2) is 4.98 Å². The van der Waals surface area contributed by atoms with E-state index < -0.39 is 0 Å². The number of piperidine rings is 1. The summed E-state index contributed by atoms with van der Waals surface area (Å²) in [5, 5.41) is 8.94. The Hall–Kier alpha value is -2.51. The largest absolute Gasteiger partial charge is 0.380 e. The number of nitrogens with one attached hydrogen (secondary N) is 1. The van der Waals surface area contributed by atoms with Gasteiger partial charge in [-0.05, 0) is 62.8 Å². The maximum atomic E-state index is 5.63. The molecule has 2 aliphatic rings. The van der Waals surface area contributed by atoms with E-state index in [0.717, 1.165) is 74.3 Å². The number of rotatable bonds is 5. The second-order valence-corrected chi connectivity index (χ2v) is 8.73. The Balaban J connectivity index is 1.40. The van der Waals surface area contributed by atoms with Crippen molar-refractivity contribution in [1.82, 2.24) is 20.4 Å². The molecule has 0 bridgehead atoms. The topological polar surface area (TPSA) is 76.3 Å². The van der Waals surface area contributed by atoms with Crippen LogP contribution in [0.1, 0.15) is 44.0 Å². The number of hydrogen-bond acceptors (Lipinski definition) is 7. The summed E-state index contributed by atoms with van der Waals surface area (Å²) < 4.78 is 11.2. The van der Waals surface area contributed by atoms with E-state index in [4.69, 9.17) is 14.2 Å². The highest BCUT2D eigenvalue weighted by Gasteiger charge is 2.26. The Bertz CT molecular complexity index is 1040. The standard InChI is InChI=1S/C24H31N5O2/c1-3-17-6-7-22-18(13-17)14-21(24-25-16(2)28-31-24)23(27-22)29-10-8-19(9-11-29)26-20-5-4-12-30-15-20/h6-7,13-14,19-20,26H,3-5,8-12,15H2,1-2H3/t20-/m0/s1. The molecule has 0 unspecified atom stereocenters. The molecule has 1 aromatic carbocycles. The summed E-state index contributed by atoms with van der Waals surface area (Å²) in [5.41, 5.74) is 3.23. The summed E-state index contributed by atoms with van der Waals surface area (Å²) in [4.78, 5) is 11.9. The fourth-order valence-electron chi connectivity index (χ4n) is 4.70. The maximum Gasteiger partial charge on any atom is 0.261 e. The predicted molar refractivity (Wildman–Crippen MR) is 121 cm³/mol. The number of benzene rings is 1. The molecule has 0 radical (unpaired) electrons. The third-order valence-corrected chi connectivity index (χ3v) is 6.45. The zero-order valence-corrected chi connectivity index (χ0v) is 18.4. The molecule has 1 N–H and O–H groups in total. The molecule has 31 heavy (non-hydrogen) atoms. The predicted octanol–water partition coefficient (Wildman–Crippen LogP) is 3.89. The summed E-state index contributed by atoms with van der Waals surface area (Å²) in [6, 6.07) is 9.68. The minimum atomic E-state index is 0.494. The number of hydrogen-bond donors (Lipinski definition) is 1. The van der Waals surface area contributed by atoms with Crippen LogP contribution in [0.5, 0.6) is 0 Å². The van der Waals surface area contributed by atoms with Crippen LogP contribution in [0, 0.1) is 6.92 Å². The van der Waals surface area contributed by atoms with Crippen LogP contribution in [-0.4, -0.2) is 53.5 Å². The Labute approximate surface area is 183 Å². The van der Waals surface area contributed by atoms with E-state index in [2.05, 4.69) is 51.5 Å². The molecule has 7 heteroatoms. The summed E-state index contributed by atoms with van der Waals surface area (Å²) in [5.74, 6) is 2.13. The molecular weight excluding hydrogens is 390 g/mol. The SMILES string of the molecule is CCc1ccc2nc(N3CCC(N[C@H]4CCCOC4)CC3)c(-c3nc(C)no3)cc2c1. The molecular formula is C24H31N5O2. The average Bonchev–Trinajstić information content (AvgIpc) is 3.25. The van der Waals surface area contributed by atoms with Crippen molar-refractivity contribution in [2.24, 2.45) is 0 Å². The molecule has 7 nitrogen and oxygen atoms in total. The number of aryl methyl sites for hydroxylation is 2. The van der Waals surface area contributed by atoms with E-state index in [1.165, 1.54) is 12.0 Å². The first-order valence-electron chi connectivity index (χ1n) is 11.5. The molecule has 0 spiro atoms. The molecule has 2 aromatic heterocycles. The fourth-order valence-corrected chi connectivity index (χ4v) is 4.70. The van der Waals surface area contributed by atoms with E-state index in [1.54, 1.807) is 0 Å². The van der Waals surface area contributed by atoms with Gasteiger partial charge in [-0.3, -0.25) is 0 Å². The molecule has 2 saturated heterocycles. The van der Waals surface area contributed by atoms with Gasteiger partial charge in [0.1, 0.15) is 5.82 Å². The fraction of sp³-hybridized carbons (Fsp3) is 0.542. The van der Waals surface area contributed by atoms with Crippen LogP contribution in [0.2, 0.25) is 0 Å². The lowest BCUT2D eigenvalue weighted by Gasteiger charge is -2.36. The molecule has 0 amide bonds. The first kappa shape index (κ1) is 20.4. The number of fused-ring (bicyclic) bond motifs is 1. The van der Waals surface area contributed by atoms with Crippen molar-refractivity contribution in [2.75, 3.05) is 31.2 Å². The molecule has 5 rings (SSSR count). The van der Waals surface area contributed by atoms with E-state index >= 15 is 0 Å². The van der Waals surface area contributed by atoms with Crippen LogP contribution in [0.15, 0.2) is 28.8 Å². The van der Waals surface area contributed by atoms with Gasteiger partial charge < -0.3 is 19.5 Å². The van der Waals surface area contributed by atoms with E-state index in [1.807, 2.05) is 6.92 Å². The van der Waals surface area contributed by atoms with Crippen LogP contribution in [0.25, 0.3) is 22.4 Å². The van der Waals surface area contributed by atoms with Crippen LogP contribution in [0.3, 0.4) is 0 Å². The van der Waals surface area contributed by atoms with Gasteiger partial charge in [0.15, 0.2) is 5.82 Å². The maximum absolute atomic E-state index is 5.63. The van der Waals surface area contributed by atoms with Crippen LogP contribution >= 0.6 is 0 Å². The van der Waals surface area contributed by atoms with Crippen molar-refractivity contribution in [1.29, 1.82) is 0 Å². The molecule has 1 atom stereocenters. The zero-order valence-electron chi connectivity index (χ0n) is 18.4. The number of ether oxygens (including phenoxy) is 1. The Morgan fingerprint density at radius 2 is 1.97 bits per heavy atom. The number of aromatic nitrogens is 3. The summed E-state index contributed by atoms with van der Waals surface area (Å²) in [7, 11) is 0. The number of anilines is 1. The van der Waals surface area contributed by atoms with Crippen molar-refractivity contribution in [3.63, 3.8) is 0 Å². The summed E-state index contributed by atoms with van der Waals surface area (Å²) in [6.45, 7) is 7.67. The van der Waals surface area contributed by atoms with Crippen molar-refractivity contribution in [3.05, 3.63) is 35.7 Å². The molecule has 3 aromatic rings. The van der Waals surface area contributed by atoms with Crippen LogP contribution < -0.4 is 10.2 Å². The van der Waals surface area contributed by atoms with Gasteiger partial charge in [-0.1, -0.05) is 18.1 Å². The average molecular weight is 422 g/mol. The molecule has 0 aliphatic carbocycles. The summed E-state index contributed by atoms with van der Waals surface area (Å²) in [6.07, 6.45) is 5.55. The van der Waals surface area contributed by atoms with Gasteiger partial charge in [0, 0.05) is 37.2 Å². The van der Waals surface area contributed by atoms with Crippen molar-refractivity contribution >= 4 is 16.7 Å². The van der Waals surface area contributed by atoms with Crippen LogP contribution in [0.4, 0.5) is 5.82 Å². The summed E-state index contributed by atoms with van der Waals surface area (Å²) >= 11 is 0. The monoisotopic (exact) mass is 421 g/mol. The Morgan fingerprint density at radius 3 is 2.68 bits per heavy atom.